The van der Waals surface area contributed by atoms with Crippen LogP contribution in [0.1, 0.15) is 19.4 Å². The van der Waals surface area contributed by atoms with E-state index in [1.54, 1.807) is 13.8 Å². The molecule has 1 rings (SSSR count). The van der Waals surface area contributed by atoms with Crippen molar-refractivity contribution in [1.29, 1.82) is 0 Å². The number of carbonyl (C=O) groups excluding carboxylic acids is 2. The molecule has 106 valence electrons. The van der Waals surface area contributed by atoms with Gasteiger partial charge in [0.2, 0.25) is 0 Å². The number of nitrogens with one attached hydrogen (secondary N) is 1. The summed E-state index contributed by atoms with van der Waals surface area (Å²) >= 11 is 0. The van der Waals surface area contributed by atoms with E-state index in [-0.39, 0.29) is 12.5 Å². The predicted molar refractivity (Wildman–Crippen MR) is 73.1 cm³/mol. The normalized spacial score (nSPS) is 11.3. The van der Waals surface area contributed by atoms with E-state index in [4.69, 9.17) is 10.3 Å². The average molecular weight is 275 g/mol. The lowest BCUT2D eigenvalue weighted by Crippen LogP contribution is -2.45. The zero-order valence-electron chi connectivity index (χ0n) is 11.4. The molecule has 1 aromatic rings. The van der Waals surface area contributed by atoms with Gasteiger partial charge in [0, 0.05) is 0 Å². The topological polar surface area (TPSA) is 91.8 Å². The minimum Gasteiger partial charge on any atom is -0.445 e. The van der Waals surface area contributed by atoms with Crippen molar-refractivity contribution in [2.75, 3.05) is 0 Å². The van der Waals surface area contributed by atoms with Crippen molar-refractivity contribution in [3.05, 3.63) is 41.4 Å². The van der Waals surface area contributed by atoms with Gasteiger partial charge >= 0.3 is 12.3 Å². The highest BCUT2D eigenvalue weighted by Gasteiger charge is 2.25. The molecule has 0 aromatic heterocycles. The quantitative estimate of drug-likeness (QED) is 0.487. The maximum absolute atomic E-state index is 11.6. The number of benzene rings is 1. The number of ketones is 1. The third kappa shape index (κ3) is 5.04. The van der Waals surface area contributed by atoms with Crippen LogP contribution in [0.25, 0.3) is 5.53 Å². The molecular formula is C14H17N3O3. The Morgan fingerprint density at radius 3 is 2.55 bits per heavy atom. The third-order valence-electron chi connectivity index (χ3n) is 2.64. The van der Waals surface area contributed by atoms with Crippen LogP contribution < -0.4 is 5.32 Å². The van der Waals surface area contributed by atoms with Gasteiger partial charge in [0.1, 0.15) is 12.6 Å². The molecule has 6 nitrogen and oxygen atoms in total. The fraction of sp³-hybridized carbons (Fsp3) is 0.357. The van der Waals surface area contributed by atoms with Crippen LogP contribution in [0.5, 0.6) is 0 Å². The van der Waals surface area contributed by atoms with E-state index < -0.39 is 17.9 Å². The standard InChI is InChI=1S/C14H17N3O3/c1-10(2)13(12(18)8-16-15)17-14(19)20-9-11-6-4-3-5-7-11/h3-8,10,13H,9H2,1-2H3,(H,17,19)/t13-/m0/s1. The Bertz CT molecular complexity index is 508. The Morgan fingerprint density at radius 1 is 1.35 bits per heavy atom. The van der Waals surface area contributed by atoms with Gasteiger partial charge in [-0.3, -0.25) is 4.79 Å². The van der Waals surface area contributed by atoms with E-state index >= 15 is 0 Å². The second-order valence-electron chi connectivity index (χ2n) is 4.57. The molecule has 0 saturated carbocycles. The molecular weight excluding hydrogens is 258 g/mol. The molecule has 20 heavy (non-hydrogen) atoms. The van der Waals surface area contributed by atoms with Gasteiger partial charge in [-0.15, -0.1) is 0 Å². The molecule has 1 atom stereocenters. The fourth-order valence-corrected chi connectivity index (χ4v) is 1.60. The molecule has 0 aliphatic heterocycles. The molecule has 0 aliphatic rings. The molecule has 0 aliphatic carbocycles. The number of hydrogen-bond acceptors (Lipinski definition) is 3. The molecule has 0 unspecified atom stereocenters. The van der Waals surface area contributed by atoms with Crippen LogP contribution in [0, 0.1) is 5.92 Å². The number of Topliss-reactive ketones (excluding diaryl/α,β-unsaturated/α-hetero) is 1. The number of carbonyl (C=O) groups is 2. The minimum atomic E-state index is -0.783. The van der Waals surface area contributed by atoms with Gasteiger partial charge in [-0.25, -0.2) is 4.79 Å². The van der Waals surface area contributed by atoms with Gasteiger partial charge in [0.15, 0.2) is 0 Å². The molecule has 0 saturated heterocycles. The Balaban J connectivity index is 2.54. The van der Waals surface area contributed by atoms with Crippen molar-refractivity contribution in [3.63, 3.8) is 0 Å². The summed E-state index contributed by atoms with van der Waals surface area (Å²) in [5.41, 5.74) is 9.21. The first-order valence-corrected chi connectivity index (χ1v) is 6.23. The first-order valence-electron chi connectivity index (χ1n) is 6.23. The molecule has 6 heteroatoms. The van der Waals surface area contributed by atoms with Crippen molar-refractivity contribution in [3.8, 4) is 0 Å². The SMILES string of the molecule is CC(C)[C@H](NC(=O)OCc1ccccc1)C(=O)C=[N+]=[N-]. The first kappa shape index (κ1) is 15.6. The minimum absolute atomic E-state index is 0.125. The number of amides is 1. The van der Waals surface area contributed by atoms with Crippen molar-refractivity contribution in [1.82, 2.24) is 5.32 Å². The second kappa shape index (κ2) is 7.86. The van der Waals surface area contributed by atoms with Crippen LogP contribution in [0.4, 0.5) is 4.79 Å². The molecule has 1 N–H and O–H groups in total. The lowest BCUT2D eigenvalue weighted by atomic mass is 10.0. The number of ether oxygens (including phenoxy) is 1. The summed E-state index contributed by atoms with van der Waals surface area (Å²) in [6, 6.07) is 8.43. The molecule has 0 radical (unpaired) electrons. The summed E-state index contributed by atoms with van der Waals surface area (Å²) in [7, 11) is 0. The predicted octanol–water partition coefficient (Wildman–Crippen LogP) is 1.81. The number of rotatable bonds is 6. The Kier molecular flexibility index (Phi) is 6.13. The van der Waals surface area contributed by atoms with Gasteiger partial charge in [-0.05, 0) is 11.5 Å². The highest BCUT2D eigenvalue weighted by Crippen LogP contribution is 2.04. The van der Waals surface area contributed by atoms with E-state index in [9.17, 15) is 9.59 Å². The van der Waals surface area contributed by atoms with Crippen molar-refractivity contribution in [2.45, 2.75) is 26.5 Å². The van der Waals surface area contributed by atoms with E-state index in [1.807, 2.05) is 30.3 Å². The average Bonchev–Trinajstić information content (AvgIpc) is 2.43. The maximum atomic E-state index is 11.6. The van der Waals surface area contributed by atoms with Gasteiger partial charge in [-0.1, -0.05) is 44.2 Å². The Hall–Kier alpha value is -2.46. The van der Waals surface area contributed by atoms with Gasteiger partial charge < -0.3 is 15.6 Å². The fourth-order valence-electron chi connectivity index (χ4n) is 1.60. The zero-order valence-corrected chi connectivity index (χ0v) is 11.4. The van der Waals surface area contributed by atoms with Crippen LogP contribution in [0.15, 0.2) is 30.3 Å². The zero-order chi connectivity index (χ0) is 15.0. The molecule has 1 aromatic carbocycles. The van der Waals surface area contributed by atoms with E-state index in [0.29, 0.717) is 0 Å². The largest absolute Gasteiger partial charge is 0.445 e. The van der Waals surface area contributed by atoms with E-state index in [1.165, 1.54) is 0 Å². The molecule has 0 spiro atoms. The Morgan fingerprint density at radius 2 is 2.00 bits per heavy atom. The van der Waals surface area contributed by atoms with Crippen LogP contribution in [-0.2, 0) is 16.1 Å². The summed E-state index contributed by atoms with van der Waals surface area (Å²) in [5, 5.41) is 2.46. The van der Waals surface area contributed by atoms with Crippen molar-refractivity contribution in [2.24, 2.45) is 5.92 Å². The molecule has 0 bridgehead atoms. The number of alkyl carbamates (subject to hydrolysis) is 1. The molecule has 1 amide bonds. The molecule has 0 fully saturated rings. The summed E-state index contributed by atoms with van der Waals surface area (Å²) in [6.07, 6.45) is 0.0783. The lowest BCUT2D eigenvalue weighted by Gasteiger charge is -2.17. The number of nitrogens with zero attached hydrogens (tertiary/aromatic N) is 2. The summed E-state index contributed by atoms with van der Waals surface area (Å²) in [4.78, 5) is 25.9. The monoisotopic (exact) mass is 275 g/mol. The smallest absolute Gasteiger partial charge is 0.408 e. The lowest BCUT2D eigenvalue weighted by molar-refractivity contribution is -0.118. The van der Waals surface area contributed by atoms with Crippen LogP contribution in [0.2, 0.25) is 0 Å². The first-order chi connectivity index (χ1) is 9.54. The van der Waals surface area contributed by atoms with Crippen molar-refractivity contribution >= 4 is 18.1 Å². The van der Waals surface area contributed by atoms with Gasteiger partial charge in [0.05, 0.1) is 0 Å². The van der Waals surface area contributed by atoms with Crippen LogP contribution >= 0.6 is 0 Å². The highest BCUT2D eigenvalue weighted by atomic mass is 16.5. The number of hydrogen-bond donors (Lipinski definition) is 1. The highest BCUT2D eigenvalue weighted by molar-refractivity contribution is 6.28. The van der Waals surface area contributed by atoms with Crippen molar-refractivity contribution < 1.29 is 19.1 Å². The maximum Gasteiger partial charge on any atom is 0.408 e. The van der Waals surface area contributed by atoms with Crippen LogP contribution in [0.3, 0.4) is 0 Å². The second-order valence-corrected chi connectivity index (χ2v) is 4.57. The third-order valence-corrected chi connectivity index (χ3v) is 2.64. The van der Waals surface area contributed by atoms with Gasteiger partial charge in [-0.2, -0.15) is 4.79 Å². The van der Waals surface area contributed by atoms with E-state index in [2.05, 4.69) is 10.1 Å². The Labute approximate surface area is 117 Å². The summed E-state index contributed by atoms with van der Waals surface area (Å²) in [6.45, 7) is 3.66. The van der Waals surface area contributed by atoms with E-state index in [0.717, 1.165) is 11.8 Å². The molecule has 0 heterocycles. The summed E-state index contributed by atoms with van der Waals surface area (Å²) in [5.74, 6) is -0.635. The van der Waals surface area contributed by atoms with Gasteiger partial charge in [0.25, 0.3) is 5.78 Å². The summed E-state index contributed by atoms with van der Waals surface area (Å²) < 4.78 is 5.03. The van der Waals surface area contributed by atoms with Crippen LogP contribution in [-0.4, -0.2) is 28.9 Å².